The first-order valence-corrected chi connectivity index (χ1v) is 18.2. The number of hydrazine groups is 3. The maximum atomic E-state index is 14.3. The molecule has 0 aromatic carbocycles. The predicted octanol–water partition coefficient (Wildman–Crippen LogP) is 1.43. The van der Waals surface area contributed by atoms with Gasteiger partial charge in [-0.2, -0.15) is 10.7 Å². The normalized spacial score (nSPS) is 37.4. The number of rotatable bonds is 7. The average molecular weight is 743 g/mol. The molecule has 2 saturated heterocycles. The number of allylic oxidation sites excluding steroid dienone is 1. The summed E-state index contributed by atoms with van der Waals surface area (Å²) in [6, 6.07) is -2.21. The van der Waals surface area contributed by atoms with Gasteiger partial charge < -0.3 is 35.2 Å². The number of aliphatic hydroxyl groups excluding tert-OH is 1. The highest BCUT2D eigenvalue weighted by Gasteiger charge is 2.61. The summed E-state index contributed by atoms with van der Waals surface area (Å²) < 4.78 is 11.3. The lowest BCUT2D eigenvalue weighted by Gasteiger charge is -2.35. The number of nitrogens with one attached hydrogen (secondary N) is 5. The molecular weight excluding hydrogens is 690 g/mol. The number of fused-ring (bicyclic) bond motifs is 2. The lowest BCUT2D eigenvalue weighted by molar-refractivity contribution is -0.145. The molecule has 0 bridgehead atoms. The number of ether oxygens (including phenoxy) is 2. The molecule has 2 aliphatic carbocycles. The van der Waals surface area contributed by atoms with E-state index in [0.717, 1.165) is 38.5 Å². The number of hydrogen-bond acceptors (Lipinski definition) is 11. The number of alkyl carbamates (subject to hydrolysis) is 1. The van der Waals surface area contributed by atoms with Crippen LogP contribution >= 0.6 is 15.9 Å². The molecule has 5 aliphatic rings. The molecule has 3 amide bonds. The van der Waals surface area contributed by atoms with E-state index < -0.39 is 47.1 Å². The molecule has 5 rings (SSSR count). The Morgan fingerprint density at radius 1 is 1.15 bits per heavy atom. The fraction of sp³-hybridized carbons (Fsp3) is 0.812. The minimum Gasteiger partial charge on any atom is -0.479 e. The predicted molar refractivity (Wildman–Crippen MR) is 178 cm³/mol. The minimum absolute atomic E-state index is 0.0169. The number of aliphatic hydroxyl groups is 1. The number of hydrogen-bond donors (Lipinski definition) is 7. The van der Waals surface area contributed by atoms with Gasteiger partial charge in [0.05, 0.1) is 31.5 Å². The van der Waals surface area contributed by atoms with E-state index in [9.17, 15) is 24.3 Å². The monoisotopic (exact) mass is 741 g/mol. The Morgan fingerprint density at radius 2 is 1.94 bits per heavy atom. The van der Waals surface area contributed by atoms with Crippen LogP contribution in [0.1, 0.15) is 85.0 Å². The topological polar surface area (TPSA) is 194 Å². The molecule has 7 N–H and O–H groups in total. The van der Waals surface area contributed by atoms with E-state index in [0.29, 0.717) is 25.9 Å². The Balaban J connectivity index is 1.32. The zero-order valence-corrected chi connectivity index (χ0v) is 29.7. The van der Waals surface area contributed by atoms with Crippen molar-refractivity contribution in [1.82, 2.24) is 37.0 Å². The number of carbonyl (C=O) groups excluding carboxylic acids is 3. The third-order valence-electron chi connectivity index (χ3n) is 9.96. The number of alkyl halides is 1. The number of carboxylic acid groups (broad SMARTS) is 1. The molecule has 0 spiro atoms. The first-order valence-electron chi connectivity index (χ1n) is 17.3. The molecule has 48 heavy (non-hydrogen) atoms. The van der Waals surface area contributed by atoms with E-state index in [4.69, 9.17) is 14.6 Å². The van der Waals surface area contributed by atoms with Crippen LogP contribution in [0.25, 0.3) is 0 Å². The smallest absolute Gasteiger partial charge is 0.408 e. The van der Waals surface area contributed by atoms with Gasteiger partial charge in [-0.1, -0.05) is 40.9 Å². The second-order valence-electron chi connectivity index (χ2n) is 14.7. The van der Waals surface area contributed by atoms with E-state index >= 15 is 0 Å². The van der Waals surface area contributed by atoms with Crippen molar-refractivity contribution < 1.29 is 38.9 Å². The van der Waals surface area contributed by atoms with Crippen molar-refractivity contribution in [2.45, 2.75) is 131 Å². The number of halogens is 1. The van der Waals surface area contributed by atoms with Gasteiger partial charge in [0.2, 0.25) is 11.8 Å². The van der Waals surface area contributed by atoms with Crippen LogP contribution in [-0.4, -0.2) is 110 Å². The summed E-state index contributed by atoms with van der Waals surface area (Å²) in [6.45, 7) is 5.70. The SMILES string of the molecule is CC(C)(C)OC(=O)N[C@H]1CCCCC/C=C\[C@@H]2C[C@@]2(C(=O)O)NC(=O)[C@@H]2C[C@@H](N3NNC(C4CCC(OCCO)C(Br)C4)N3)CN2C1=O. The Hall–Kier alpha value is -2.34. The van der Waals surface area contributed by atoms with E-state index in [1.807, 2.05) is 12.2 Å². The van der Waals surface area contributed by atoms with E-state index in [1.54, 1.807) is 25.9 Å². The molecule has 15 nitrogen and oxygen atoms in total. The Morgan fingerprint density at radius 3 is 2.65 bits per heavy atom. The maximum absolute atomic E-state index is 14.3. The molecule has 270 valence electrons. The van der Waals surface area contributed by atoms with Gasteiger partial charge in [-0.15, -0.1) is 0 Å². The second kappa shape index (κ2) is 15.7. The molecule has 3 heterocycles. The third-order valence-corrected chi connectivity index (χ3v) is 10.9. The first kappa shape index (κ1) is 36.9. The van der Waals surface area contributed by atoms with E-state index in [1.165, 1.54) is 4.90 Å². The number of carboxylic acids is 1. The summed E-state index contributed by atoms with van der Waals surface area (Å²) >= 11 is 3.75. The number of aliphatic carboxylic acids is 1. The van der Waals surface area contributed by atoms with Gasteiger partial charge >= 0.3 is 12.1 Å². The van der Waals surface area contributed by atoms with Crippen molar-refractivity contribution in [3.63, 3.8) is 0 Å². The summed E-state index contributed by atoms with van der Waals surface area (Å²) in [4.78, 5) is 55.1. The Labute approximate surface area is 290 Å². The molecule has 9 atom stereocenters. The standard InChI is InChI=1S/C32H52BrN7O8/c1-31(2,3)48-30(46)34-23-10-8-6-4-5-7-9-20-17-32(20,29(44)45)35-27(42)24-16-21(18-39(24)28(23)43)40-37-26(36-38-40)19-11-12-25(22(33)15-19)47-14-13-41/h7,9,19-26,36-38,41H,4-6,8,10-18H2,1-3H3,(H,34,46)(H,35,42)(H,44,45)/b9-7-/t19?,20-,21-,22?,23+,24+,25?,26?,32-/m1/s1. The molecule has 0 radical (unpaired) electrons. The summed E-state index contributed by atoms with van der Waals surface area (Å²) in [5.74, 6) is -2.10. The molecule has 4 unspecified atom stereocenters. The quantitative estimate of drug-likeness (QED) is 0.147. The maximum Gasteiger partial charge on any atom is 0.408 e. The number of carbonyl (C=O) groups is 4. The van der Waals surface area contributed by atoms with Crippen molar-refractivity contribution in [2.75, 3.05) is 19.8 Å². The Kier molecular flexibility index (Phi) is 12.1. The van der Waals surface area contributed by atoms with Gasteiger partial charge in [-0.3, -0.25) is 9.59 Å². The van der Waals surface area contributed by atoms with Crippen molar-refractivity contribution in [3.05, 3.63) is 12.2 Å². The highest BCUT2D eigenvalue weighted by Crippen LogP contribution is 2.45. The molecular formula is C32H52BrN7O8. The van der Waals surface area contributed by atoms with Crippen LogP contribution in [0.4, 0.5) is 4.79 Å². The van der Waals surface area contributed by atoms with Crippen LogP contribution in [-0.2, 0) is 23.9 Å². The van der Waals surface area contributed by atoms with Gasteiger partial charge in [-0.25, -0.2) is 20.4 Å². The van der Waals surface area contributed by atoms with Crippen LogP contribution in [0.2, 0.25) is 0 Å². The van der Waals surface area contributed by atoms with E-state index in [-0.39, 0.29) is 54.5 Å². The fourth-order valence-electron chi connectivity index (χ4n) is 7.30. The summed E-state index contributed by atoms with van der Waals surface area (Å²) in [7, 11) is 0. The van der Waals surface area contributed by atoms with Crippen molar-refractivity contribution in [1.29, 1.82) is 0 Å². The zero-order chi connectivity index (χ0) is 34.6. The fourth-order valence-corrected chi connectivity index (χ4v) is 8.20. The first-order chi connectivity index (χ1) is 22.8. The summed E-state index contributed by atoms with van der Waals surface area (Å²) in [6.07, 6.45) is 9.64. The number of amides is 3. The van der Waals surface area contributed by atoms with E-state index in [2.05, 4.69) is 42.9 Å². The molecule has 0 aromatic rings. The largest absolute Gasteiger partial charge is 0.479 e. The molecule has 0 aromatic heterocycles. The summed E-state index contributed by atoms with van der Waals surface area (Å²) in [5, 5.41) is 26.6. The highest BCUT2D eigenvalue weighted by atomic mass is 79.9. The van der Waals surface area contributed by atoms with Gasteiger partial charge in [-0.05, 0) is 78.1 Å². The number of nitrogens with zero attached hydrogens (tertiary/aromatic N) is 2. The molecule has 2 saturated carbocycles. The second-order valence-corrected chi connectivity index (χ2v) is 15.9. The summed E-state index contributed by atoms with van der Waals surface area (Å²) in [5.41, 5.74) is 7.81. The van der Waals surface area contributed by atoms with Crippen LogP contribution in [0.3, 0.4) is 0 Å². The molecule has 3 aliphatic heterocycles. The molecule has 4 fully saturated rings. The van der Waals surface area contributed by atoms with Crippen LogP contribution in [0.5, 0.6) is 0 Å². The van der Waals surface area contributed by atoms with Crippen molar-refractivity contribution >= 4 is 39.8 Å². The van der Waals surface area contributed by atoms with Gasteiger partial charge in [0.1, 0.15) is 23.2 Å². The lowest BCUT2D eigenvalue weighted by Crippen LogP contribution is -2.56. The Bertz CT molecular complexity index is 1220. The highest BCUT2D eigenvalue weighted by molar-refractivity contribution is 9.09. The van der Waals surface area contributed by atoms with Crippen LogP contribution in [0.15, 0.2) is 12.2 Å². The minimum atomic E-state index is -1.41. The van der Waals surface area contributed by atoms with Crippen LogP contribution in [0, 0.1) is 11.8 Å². The average Bonchev–Trinajstić information content (AvgIpc) is 3.32. The van der Waals surface area contributed by atoms with Gasteiger partial charge in [0.15, 0.2) is 0 Å². The van der Waals surface area contributed by atoms with Crippen molar-refractivity contribution in [3.8, 4) is 0 Å². The lowest BCUT2D eigenvalue weighted by atomic mass is 9.85. The zero-order valence-electron chi connectivity index (χ0n) is 28.1. The molecule has 16 heteroatoms. The third kappa shape index (κ3) is 8.87. The van der Waals surface area contributed by atoms with Crippen molar-refractivity contribution in [2.24, 2.45) is 11.8 Å². The van der Waals surface area contributed by atoms with Gasteiger partial charge in [0.25, 0.3) is 0 Å². The van der Waals surface area contributed by atoms with Gasteiger partial charge in [0, 0.05) is 17.3 Å². The van der Waals surface area contributed by atoms with Crippen LogP contribution < -0.4 is 27.0 Å².